The van der Waals surface area contributed by atoms with Gasteiger partial charge in [0.1, 0.15) is 5.65 Å². The van der Waals surface area contributed by atoms with Crippen LogP contribution < -0.4 is 5.32 Å². The minimum atomic E-state index is -0.637. The summed E-state index contributed by atoms with van der Waals surface area (Å²) in [5, 5.41) is 6.85. The molecule has 4 aromatic heterocycles. The lowest BCUT2D eigenvalue weighted by molar-refractivity contribution is 0.102. The molecule has 130 valence electrons. The number of halogens is 2. The first-order valence-electron chi connectivity index (χ1n) is 7.65. The number of rotatable bonds is 4. The van der Waals surface area contributed by atoms with Gasteiger partial charge in [0.2, 0.25) is 0 Å². The van der Waals surface area contributed by atoms with Gasteiger partial charge in [0.05, 0.1) is 40.6 Å². The standard InChI is InChI=1S/C17H12ClFN6O/c18-12-6-21-16-14(15(12)19)13(7-22-16)24-17(26)11-5-23-25(9-11)8-10-1-3-20-4-2-10/h1-7,9H,8H2,(H,21,22)(H,24,26). The van der Waals surface area contributed by atoms with Crippen molar-refractivity contribution in [2.45, 2.75) is 6.54 Å². The molecule has 4 aromatic rings. The molecule has 0 saturated carbocycles. The maximum absolute atomic E-state index is 14.2. The second-order valence-corrected chi connectivity index (χ2v) is 5.99. The number of amides is 1. The van der Waals surface area contributed by atoms with Gasteiger partial charge in [-0.3, -0.25) is 14.5 Å². The topological polar surface area (TPSA) is 88.5 Å². The number of aromatic amines is 1. The lowest BCUT2D eigenvalue weighted by atomic mass is 10.2. The van der Waals surface area contributed by atoms with Crippen molar-refractivity contribution in [2.75, 3.05) is 5.32 Å². The zero-order chi connectivity index (χ0) is 18.1. The van der Waals surface area contributed by atoms with E-state index in [9.17, 15) is 9.18 Å². The predicted octanol–water partition coefficient (Wildman–Crippen LogP) is 3.25. The summed E-state index contributed by atoms with van der Waals surface area (Å²) in [6.07, 6.45) is 9.13. The Labute approximate surface area is 151 Å². The van der Waals surface area contributed by atoms with Crippen LogP contribution in [-0.4, -0.2) is 30.6 Å². The lowest BCUT2D eigenvalue weighted by Crippen LogP contribution is -2.11. The highest BCUT2D eigenvalue weighted by atomic mass is 35.5. The maximum Gasteiger partial charge on any atom is 0.258 e. The summed E-state index contributed by atoms with van der Waals surface area (Å²) in [7, 11) is 0. The van der Waals surface area contributed by atoms with Crippen molar-refractivity contribution in [2.24, 2.45) is 0 Å². The summed E-state index contributed by atoms with van der Waals surface area (Å²) in [5.41, 5.74) is 1.92. The molecule has 1 amide bonds. The van der Waals surface area contributed by atoms with Gasteiger partial charge in [0.25, 0.3) is 5.91 Å². The normalized spacial score (nSPS) is 11.0. The third kappa shape index (κ3) is 3.02. The smallest absolute Gasteiger partial charge is 0.258 e. The van der Waals surface area contributed by atoms with Gasteiger partial charge in [-0.2, -0.15) is 5.10 Å². The molecule has 0 fully saturated rings. The van der Waals surface area contributed by atoms with Crippen LogP contribution in [0.25, 0.3) is 11.0 Å². The van der Waals surface area contributed by atoms with Gasteiger partial charge < -0.3 is 10.3 Å². The van der Waals surface area contributed by atoms with E-state index in [1.54, 1.807) is 23.3 Å². The number of anilines is 1. The van der Waals surface area contributed by atoms with E-state index in [-0.39, 0.29) is 16.1 Å². The molecule has 9 heteroatoms. The molecule has 26 heavy (non-hydrogen) atoms. The molecule has 0 aliphatic heterocycles. The van der Waals surface area contributed by atoms with Crippen molar-refractivity contribution in [1.82, 2.24) is 24.7 Å². The first kappa shape index (κ1) is 16.2. The van der Waals surface area contributed by atoms with Crippen LogP contribution in [0, 0.1) is 5.82 Å². The quantitative estimate of drug-likeness (QED) is 0.577. The number of pyridine rings is 2. The highest BCUT2D eigenvalue weighted by Gasteiger charge is 2.16. The zero-order valence-corrected chi connectivity index (χ0v) is 14.0. The maximum atomic E-state index is 14.2. The third-order valence-electron chi connectivity index (χ3n) is 3.83. The van der Waals surface area contributed by atoms with Crippen molar-refractivity contribution < 1.29 is 9.18 Å². The number of fused-ring (bicyclic) bond motifs is 1. The van der Waals surface area contributed by atoms with Gasteiger partial charge in [0, 0.05) is 24.8 Å². The molecule has 0 aliphatic carbocycles. The van der Waals surface area contributed by atoms with E-state index in [1.165, 1.54) is 18.6 Å². The van der Waals surface area contributed by atoms with Gasteiger partial charge in [-0.15, -0.1) is 0 Å². The van der Waals surface area contributed by atoms with Gasteiger partial charge in [-0.25, -0.2) is 9.37 Å². The van der Waals surface area contributed by atoms with Gasteiger partial charge in [0.15, 0.2) is 5.82 Å². The Morgan fingerprint density at radius 2 is 2.12 bits per heavy atom. The van der Waals surface area contributed by atoms with Crippen molar-refractivity contribution >= 4 is 34.2 Å². The molecule has 0 unspecified atom stereocenters. The fourth-order valence-corrected chi connectivity index (χ4v) is 2.71. The zero-order valence-electron chi connectivity index (χ0n) is 13.3. The molecule has 4 heterocycles. The van der Waals surface area contributed by atoms with Crippen LogP contribution >= 0.6 is 11.6 Å². The van der Waals surface area contributed by atoms with E-state index in [4.69, 9.17) is 11.6 Å². The van der Waals surface area contributed by atoms with Crippen molar-refractivity contribution in [3.8, 4) is 0 Å². The predicted molar refractivity (Wildman–Crippen MR) is 94.6 cm³/mol. The summed E-state index contributed by atoms with van der Waals surface area (Å²) in [4.78, 5) is 23.2. The Kier molecular flexibility index (Phi) is 4.10. The summed E-state index contributed by atoms with van der Waals surface area (Å²) < 4.78 is 15.9. The Morgan fingerprint density at radius 1 is 1.31 bits per heavy atom. The van der Waals surface area contributed by atoms with E-state index < -0.39 is 11.7 Å². The molecular weight excluding hydrogens is 359 g/mol. The molecule has 0 radical (unpaired) electrons. The second-order valence-electron chi connectivity index (χ2n) is 5.58. The molecular formula is C17H12ClFN6O. The first-order valence-corrected chi connectivity index (χ1v) is 8.03. The molecule has 7 nitrogen and oxygen atoms in total. The number of hydrogen-bond acceptors (Lipinski definition) is 4. The van der Waals surface area contributed by atoms with E-state index in [2.05, 4.69) is 25.4 Å². The molecule has 4 rings (SSSR count). The number of hydrogen-bond donors (Lipinski definition) is 2. The highest BCUT2D eigenvalue weighted by Crippen LogP contribution is 2.29. The molecule has 0 bridgehead atoms. The molecule has 0 aromatic carbocycles. The van der Waals surface area contributed by atoms with Crippen LogP contribution in [0.5, 0.6) is 0 Å². The monoisotopic (exact) mass is 370 g/mol. The Morgan fingerprint density at radius 3 is 2.92 bits per heavy atom. The molecule has 2 N–H and O–H groups in total. The number of nitrogens with one attached hydrogen (secondary N) is 2. The number of carbonyl (C=O) groups is 1. The molecule has 0 spiro atoms. The fraction of sp³-hybridized carbons (Fsp3) is 0.0588. The SMILES string of the molecule is O=C(Nc1c[nH]c2ncc(Cl)c(F)c12)c1cnn(Cc2ccncc2)c1. The van der Waals surface area contributed by atoms with Gasteiger partial charge >= 0.3 is 0 Å². The number of H-pyrrole nitrogens is 1. The largest absolute Gasteiger partial charge is 0.344 e. The third-order valence-corrected chi connectivity index (χ3v) is 4.10. The van der Waals surface area contributed by atoms with Crippen LogP contribution in [0.15, 0.2) is 49.3 Å². The Hall–Kier alpha value is -3.26. The molecule has 0 saturated heterocycles. The van der Waals surface area contributed by atoms with Crippen LogP contribution in [0.4, 0.5) is 10.1 Å². The van der Waals surface area contributed by atoms with Crippen LogP contribution in [-0.2, 0) is 6.54 Å². The molecule has 0 aliphatic rings. The minimum absolute atomic E-state index is 0.113. The summed E-state index contributed by atoms with van der Waals surface area (Å²) in [6.45, 7) is 0.511. The summed E-state index contributed by atoms with van der Waals surface area (Å²) >= 11 is 5.77. The summed E-state index contributed by atoms with van der Waals surface area (Å²) in [5.74, 6) is -1.05. The average Bonchev–Trinajstić information content (AvgIpc) is 3.27. The Balaban J connectivity index is 1.55. The van der Waals surface area contributed by atoms with Crippen molar-refractivity contribution in [1.29, 1.82) is 0 Å². The van der Waals surface area contributed by atoms with Crippen LogP contribution in [0.3, 0.4) is 0 Å². The fourth-order valence-electron chi connectivity index (χ4n) is 2.57. The molecule has 0 atom stereocenters. The number of nitrogens with zero attached hydrogens (tertiary/aromatic N) is 4. The summed E-state index contributed by atoms with van der Waals surface area (Å²) in [6, 6.07) is 3.74. The minimum Gasteiger partial charge on any atom is -0.344 e. The van der Waals surface area contributed by atoms with Gasteiger partial charge in [-0.1, -0.05) is 11.6 Å². The van der Waals surface area contributed by atoms with E-state index in [0.29, 0.717) is 17.8 Å². The highest BCUT2D eigenvalue weighted by molar-refractivity contribution is 6.31. The first-order chi connectivity index (χ1) is 12.6. The van der Waals surface area contributed by atoms with E-state index in [0.717, 1.165) is 5.56 Å². The Bertz CT molecular complexity index is 1090. The average molecular weight is 371 g/mol. The van der Waals surface area contributed by atoms with Gasteiger partial charge in [-0.05, 0) is 17.7 Å². The lowest BCUT2D eigenvalue weighted by Gasteiger charge is -2.03. The van der Waals surface area contributed by atoms with Crippen LogP contribution in [0.2, 0.25) is 5.02 Å². The van der Waals surface area contributed by atoms with E-state index >= 15 is 0 Å². The van der Waals surface area contributed by atoms with E-state index in [1.807, 2.05) is 12.1 Å². The van der Waals surface area contributed by atoms with Crippen molar-refractivity contribution in [3.63, 3.8) is 0 Å². The number of carbonyl (C=O) groups excluding carboxylic acids is 1. The van der Waals surface area contributed by atoms with Crippen LogP contribution in [0.1, 0.15) is 15.9 Å². The number of aromatic nitrogens is 5. The second kappa shape index (κ2) is 6.57. The van der Waals surface area contributed by atoms with Crippen molar-refractivity contribution in [3.05, 3.63) is 71.3 Å².